The van der Waals surface area contributed by atoms with E-state index in [2.05, 4.69) is 10.2 Å². The van der Waals surface area contributed by atoms with Crippen LogP contribution in [0.5, 0.6) is 0 Å². The lowest BCUT2D eigenvalue weighted by atomic mass is 10.1. The van der Waals surface area contributed by atoms with Crippen molar-refractivity contribution in [1.82, 2.24) is 15.1 Å². The predicted octanol–water partition coefficient (Wildman–Crippen LogP) is 4.56. The van der Waals surface area contributed by atoms with Gasteiger partial charge in [-0.15, -0.1) is 21.5 Å². The van der Waals surface area contributed by atoms with Gasteiger partial charge in [0.1, 0.15) is 6.04 Å². The van der Waals surface area contributed by atoms with E-state index in [-0.39, 0.29) is 11.9 Å². The van der Waals surface area contributed by atoms with Gasteiger partial charge in [-0.05, 0) is 36.4 Å². The quantitative estimate of drug-likeness (QED) is 0.693. The average Bonchev–Trinajstić information content (AvgIpc) is 3.30. The third-order valence-corrected chi connectivity index (χ3v) is 5.35. The standard InChI is InChI=1S/C19H19N3O2S/c23-19(16-11-7-13-25-16)22-12-6-2-5-10-15(22)18-21-20-17(24-18)14-8-3-1-4-9-14/h1,3-4,7-9,11,13,15H,2,5-6,10,12H2. The number of thiophene rings is 1. The first-order valence-electron chi connectivity index (χ1n) is 8.56. The van der Waals surface area contributed by atoms with Gasteiger partial charge in [-0.1, -0.05) is 37.1 Å². The maximum Gasteiger partial charge on any atom is 0.264 e. The van der Waals surface area contributed by atoms with Crippen LogP contribution in [0.2, 0.25) is 0 Å². The van der Waals surface area contributed by atoms with E-state index < -0.39 is 0 Å². The maximum atomic E-state index is 12.9. The zero-order valence-corrected chi connectivity index (χ0v) is 14.6. The minimum Gasteiger partial charge on any atom is -0.418 e. The minimum atomic E-state index is -0.151. The molecule has 1 atom stereocenters. The predicted molar refractivity (Wildman–Crippen MR) is 96.3 cm³/mol. The van der Waals surface area contributed by atoms with Gasteiger partial charge in [-0.25, -0.2) is 0 Å². The molecule has 1 amide bonds. The molecule has 1 aromatic carbocycles. The second kappa shape index (κ2) is 7.19. The van der Waals surface area contributed by atoms with Crippen LogP contribution in [-0.2, 0) is 0 Å². The van der Waals surface area contributed by atoms with Gasteiger partial charge in [0.15, 0.2) is 0 Å². The van der Waals surface area contributed by atoms with E-state index in [0.29, 0.717) is 11.8 Å². The highest BCUT2D eigenvalue weighted by atomic mass is 32.1. The minimum absolute atomic E-state index is 0.0568. The molecule has 0 radical (unpaired) electrons. The summed E-state index contributed by atoms with van der Waals surface area (Å²) in [5.41, 5.74) is 0.894. The van der Waals surface area contributed by atoms with Crippen LogP contribution in [-0.4, -0.2) is 27.5 Å². The number of hydrogen-bond donors (Lipinski definition) is 0. The number of hydrogen-bond acceptors (Lipinski definition) is 5. The van der Waals surface area contributed by atoms with Crippen LogP contribution in [0.4, 0.5) is 0 Å². The molecule has 3 aromatic rings. The molecule has 2 aromatic heterocycles. The lowest BCUT2D eigenvalue weighted by molar-refractivity contribution is 0.0658. The highest BCUT2D eigenvalue weighted by Crippen LogP contribution is 2.32. The van der Waals surface area contributed by atoms with Gasteiger partial charge in [0.05, 0.1) is 4.88 Å². The van der Waals surface area contributed by atoms with Crippen molar-refractivity contribution in [2.24, 2.45) is 0 Å². The first-order valence-corrected chi connectivity index (χ1v) is 9.44. The Morgan fingerprint density at radius 2 is 1.96 bits per heavy atom. The molecule has 0 N–H and O–H groups in total. The molecule has 1 fully saturated rings. The van der Waals surface area contributed by atoms with E-state index in [4.69, 9.17) is 4.42 Å². The Morgan fingerprint density at radius 1 is 1.08 bits per heavy atom. The van der Waals surface area contributed by atoms with Crippen molar-refractivity contribution in [3.63, 3.8) is 0 Å². The summed E-state index contributed by atoms with van der Waals surface area (Å²) in [5.74, 6) is 1.09. The van der Waals surface area contributed by atoms with Gasteiger partial charge in [0.25, 0.3) is 5.91 Å². The summed E-state index contributed by atoms with van der Waals surface area (Å²) in [6.07, 6.45) is 4.03. The number of benzene rings is 1. The fraction of sp³-hybridized carbons (Fsp3) is 0.316. The molecule has 6 heteroatoms. The summed E-state index contributed by atoms with van der Waals surface area (Å²) in [4.78, 5) is 15.6. The molecule has 4 rings (SSSR count). The van der Waals surface area contributed by atoms with Crippen molar-refractivity contribution in [3.8, 4) is 11.5 Å². The van der Waals surface area contributed by atoms with Crippen molar-refractivity contribution in [2.45, 2.75) is 31.7 Å². The smallest absolute Gasteiger partial charge is 0.264 e. The van der Waals surface area contributed by atoms with Gasteiger partial charge in [0, 0.05) is 12.1 Å². The van der Waals surface area contributed by atoms with Crippen molar-refractivity contribution < 1.29 is 9.21 Å². The van der Waals surface area contributed by atoms with Gasteiger partial charge in [-0.3, -0.25) is 4.79 Å². The van der Waals surface area contributed by atoms with E-state index in [0.717, 1.165) is 42.7 Å². The van der Waals surface area contributed by atoms with Gasteiger partial charge in [0.2, 0.25) is 11.8 Å². The molecule has 0 saturated carbocycles. The fourth-order valence-corrected chi connectivity index (χ4v) is 3.90. The molecule has 0 aliphatic carbocycles. The molecule has 1 saturated heterocycles. The Labute approximate surface area is 150 Å². The monoisotopic (exact) mass is 353 g/mol. The number of aromatic nitrogens is 2. The summed E-state index contributed by atoms with van der Waals surface area (Å²) in [6.45, 7) is 0.727. The van der Waals surface area contributed by atoms with Crippen LogP contribution < -0.4 is 0 Å². The lowest BCUT2D eigenvalue weighted by Gasteiger charge is -2.27. The fourth-order valence-electron chi connectivity index (χ4n) is 3.22. The molecular formula is C19H19N3O2S. The number of carbonyl (C=O) groups excluding carboxylic acids is 1. The van der Waals surface area contributed by atoms with E-state index in [9.17, 15) is 4.79 Å². The van der Waals surface area contributed by atoms with E-state index >= 15 is 0 Å². The highest BCUT2D eigenvalue weighted by Gasteiger charge is 2.31. The van der Waals surface area contributed by atoms with Crippen molar-refractivity contribution in [2.75, 3.05) is 6.54 Å². The van der Waals surface area contributed by atoms with Crippen molar-refractivity contribution in [1.29, 1.82) is 0 Å². The summed E-state index contributed by atoms with van der Waals surface area (Å²) in [6, 6.07) is 13.4. The van der Waals surface area contributed by atoms with Crippen LogP contribution in [0.3, 0.4) is 0 Å². The molecule has 1 aliphatic rings. The summed E-state index contributed by atoms with van der Waals surface area (Å²) < 4.78 is 5.95. The topological polar surface area (TPSA) is 59.2 Å². The third kappa shape index (κ3) is 3.35. The Balaban J connectivity index is 1.64. The average molecular weight is 353 g/mol. The van der Waals surface area contributed by atoms with Crippen LogP contribution in [0.1, 0.15) is 47.3 Å². The molecule has 5 nitrogen and oxygen atoms in total. The summed E-state index contributed by atoms with van der Waals surface area (Å²) in [7, 11) is 0. The number of carbonyl (C=O) groups is 1. The molecular weight excluding hydrogens is 334 g/mol. The second-order valence-electron chi connectivity index (χ2n) is 6.15. The maximum absolute atomic E-state index is 12.9. The van der Waals surface area contributed by atoms with Crippen LogP contribution in [0.15, 0.2) is 52.3 Å². The lowest BCUT2D eigenvalue weighted by Crippen LogP contribution is -2.34. The van der Waals surface area contributed by atoms with E-state index in [1.165, 1.54) is 11.3 Å². The summed E-state index contributed by atoms with van der Waals surface area (Å²) in [5, 5.41) is 10.4. The van der Waals surface area contributed by atoms with E-state index in [1.807, 2.05) is 52.7 Å². The van der Waals surface area contributed by atoms with E-state index in [1.54, 1.807) is 0 Å². The molecule has 128 valence electrons. The van der Waals surface area contributed by atoms with Crippen LogP contribution in [0, 0.1) is 0 Å². The molecule has 0 spiro atoms. The highest BCUT2D eigenvalue weighted by molar-refractivity contribution is 7.12. The Morgan fingerprint density at radius 3 is 2.76 bits per heavy atom. The third-order valence-electron chi connectivity index (χ3n) is 4.49. The summed E-state index contributed by atoms with van der Waals surface area (Å²) >= 11 is 1.47. The van der Waals surface area contributed by atoms with Crippen LogP contribution >= 0.6 is 11.3 Å². The Bertz CT molecular complexity index is 829. The number of amides is 1. The van der Waals surface area contributed by atoms with Crippen molar-refractivity contribution in [3.05, 3.63) is 58.6 Å². The largest absolute Gasteiger partial charge is 0.418 e. The molecule has 1 aliphatic heterocycles. The first-order chi connectivity index (χ1) is 12.3. The molecule has 0 bridgehead atoms. The Kier molecular flexibility index (Phi) is 4.61. The van der Waals surface area contributed by atoms with Crippen LogP contribution in [0.25, 0.3) is 11.5 Å². The zero-order chi connectivity index (χ0) is 17.1. The molecule has 3 heterocycles. The molecule has 1 unspecified atom stereocenters. The first kappa shape index (κ1) is 16.0. The van der Waals surface area contributed by atoms with Gasteiger partial charge in [-0.2, -0.15) is 0 Å². The molecule has 25 heavy (non-hydrogen) atoms. The Hall–Kier alpha value is -2.47. The number of likely N-dealkylation sites (tertiary alicyclic amines) is 1. The normalized spacial score (nSPS) is 18.1. The number of rotatable bonds is 3. The van der Waals surface area contributed by atoms with Crippen molar-refractivity contribution >= 4 is 17.2 Å². The van der Waals surface area contributed by atoms with Gasteiger partial charge >= 0.3 is 0 Å². The SMILES string of the molecule is O=C(c1cccs1)N1CCCCCC1c1nnc(-c2ccccc2)o1. The zero-order valence-electron chi connectivity index (χ0n) is 13.8. The van der Waals surface area contributed by atoms with Gasteiger partial charge < -0.3 is 9.32 Å². The number of nitrogens with zero attached hydrogens (tertiary/aromatic N) is 3. The second-order valence-corrected chi connectivity index (χ2v) is 7.10.